The SMILES string of the molecule is CCOC1(C(Cc2cc(Br)ccc2OC)NN)CCCC1. The summed E-state index contributed by atoms with van der Waals surface area (Å²) in [4.78, 5) is 0. The Morgan fingerprint density at radius 3 is 2.67 bits per heavy atom. The van der Waals surface area contributed by atoms with E-state index in [1.807, 2.05) is 19.1 Å². The van der Waals surface area contributed by atoms with E-state index < -0.39 is 0 Å². The van der Waals surface area contributed by atoms with Crippen molar-refractivity contribution in [1.82, 2.24) is 5.43 Å². The highest BCUT2D eigenvalue weighted by molar-refractivity contribution is 9.10. The fourth-order valence-electron chi connectivity index (χ4n) is 3.38. The molecule has 0 radical (unpaired) electrons. The van der Waals surface area contributed by atoms with Crippen LogP contribution in [0, 0.1) is 0 Å². The third-order valence-electron chi connectivity index (χ3n) is 4.38. The number of halogens is 1. The topological polar surface area (TPSA) is 56.5 Å². The number of hydrogen-bond acceptors (Lipinski definition) is 4. The molecule has 5 heteroatoms. The Balaban J connectivity index is 2.24. The van der Waals surface area contributed by atoms with Crippen LogP contribution < -0.4 is 16.0 Å². The quantitative estimate of drug-likeness (QED) is 0.581. The number of rotatable bonds is 7. The van der Waals surface area contributed by atoms with Gasteiger partial charge in [0.15, 0.2) is 0 Å². The summed E-state index contributed by atoms with van der Waals surface area (Å²) in [6.07, 6.45) is 5.32. The van der Waals surface area contributed by atoms with Gasteiger partial charge in [-0.1, -0.05) is 28.8 Å². The Hall–Kier alpha value is -0.620. The second kappa shape index (κ2) is 7.58. The molecule has 0 aliphatic heterocycles. The smallest absolute Gasteiger partial charge is 0.122 e. The van der Waals surface area contributed by atoms with Crippen molar-refractivity contribution in [1.29, 1.82) is 0 Å². The van der Waals surface area contributed by atoms with Gasteiger partial charge in [0.2, 0.25) is 0 Å². The molecule has 0 heterocycles. The van der Waals surface area contributed by atoms with Gasteiger partial charge in [-0.2, -0.15) is 0 Å². The minimum absolute atomic E-state index is 0.0862. The Bertz CT molecular complexity index is 462. The fourth-order valence-corrected chi connectivity index (χ4v) is 3.79. The molecule has 3 N–H and O–H groups in total. The molecule has 1 unspecified atom stereocenters. The van der Waals surface area contributed by atoms with Crippen molar-refractivity contribution in [3.63, 3.8) is 0 Å². The third kappa shape index (κ3) is 3.77. The van der Waals surface area contributed by atoms with Gasteiger partial charge in [-0.3, -0.25) is 11.3 Å². The van der Waals surface area contributed by atoms with E-state index in [4.69, 9.17) is 15.3 Å². The molecule has 0 aromatic heterocycles. The predicted octanol–water partition coefficient (Wildman–Crippen LogP) is 3.18. The molecule has 4 nitrogen and oxygen atoms in total. The van der Waals surface area contributed by atoms with Crippen LogP contribution in [0.1, 0.15) is 38.2 Å². The maximum Gasteiger partial charge on any atom is 0.122 e. The molecule has 1 aliphatic carbocycles. The summed E-state index contributed by atoms with van der Waals surface area (Å²) in [6, 6.07) is 6.15. The van der Waals surface area contributed by atoms with Crippen molar-refractivity contribution < 1.29 is 9.47 Å². The highest BCUT2D eigenvalue weighted by Crippen LogP contribution is 2.38. The lowest BCUT2D eigenvalue weighted by Crippen LogP contribution is -2.54. The van der Waals surface area contributed by atoms with Crippen molar-refractivity contribution in [2.75, 3.05) is 13.7 Å². The maximum absolute atomic E-state index is 6.12. The van der Waals surface area contributed by atoms with Gasteiger partial charge in [0, 0.05) is 11.1 Å². The van der Waals surface area contributed by atoms with Crippen LogP contribution in [0.5, 0.6) is 5.75 Å². The predicted molar refractivity (Wildman–Crippen MR) is 88.3 cm³/mol. The van der Waals surface area contributed by atoms with E-state index in [1.165, 1.54) is 12.8 Å². The van der Waals surface area contributed by atoms with E-state index in [0.29, 0.717) is 6.61 Å². The van der Waals surface area contributed by atoms with Gasteiger partial charge in [-0.15, -0.1) is 0 Å². The van der Waals surface area contributed by atoms with Crippen LogP contribution in [0.3, 0.4) is 0 Å². The first-order valence-electron chi connectivity index (χ1n) is 7.57. The minimum Gasteiger partial charge on any atom is -0.496 e. The van der Waals surface area contributed by atoms with Crippen LogP contribution in [-0.4, -0.2) is 25.4 Å². The van der Waals surface area contributed by atoms with Crippen molar-refractivity contribution in [3.8, 4) is 5.75 Å². The number of hydrogen-bond donors (Lipinski definition) is 2. The summed E-state index contributed by atoms with van der Waals surface area (Å²) in [7, 11) is 1.70. The molecule has 1 aromatic carbocycles. The number of nitrogens with two attached hydrogens (primary N) is 1. The largest absolute Gasteiger partial charge is 0.496 e. The molecule has 21 heavy (non-hydrogen) atoms. The number of methoxy groups -OCH3 is 1. The molecule has 0 saturated heterocycles. The lowest BCUT2D eigenvalue weighted by molar-refractivity contribution is -0.0614. The van der Waals surface area contributed by atoms with Gasteiger partial charge in [0.1, 0.15) is 5.75 Å². The van der Waals surface area contributed by atoms with Crippen molar-refractivity contribution in [3.05, 3.63) is 28.2 Å². The van der Waals surface area contributed by atoms with Crippen LogP contribution in [0.4, 0.5) is 0 Å². The fraction of sp³-hybridized carbons (Fsp3) is 0.625. The Labute approximate surface area is 135 Å². The number of benzene rings is 1. The number of hydrazine groups is 1. The molecule has 1 fully saturated rings. The van der Waals surface area contributed by atoms with Crippen LogP contribution in [0.15, 0.2) is 22.7 Å². The van der Waals surface area contributed by atoms with Crippen molar-refractivity contribution >= 4 is 15.9 Å². The average molecular weight is 357 g/mol. The summed E-state index contributed by atoms with van der Waals surface area (Å²) in [5.41, 5.74) is 3.98. The van der Waals surface area contributed by atoms with Gasteiger partial charge in [-0.25, -0.2) is 0 Å². The van der Waals surface area contributed by atoms with Crippen LogP contribution in [-0.2, 0) is 11.2 Å². The third-order valence-corrected chi connectivity index (χ3v) is 4.88. The normalized spacial score (nSPS) is 18.7. The molecule has 1 atom stereocenters. The summed E-state index contributed by atoms with van der Waals surface area (Å²) in [5.74, 6) is 6.75. The molecule has 2 rings (SSSR count). The van der Waals surface area contributed by atoms with Gasteiger partial charge in [0.05, 0.1) is 18.8 Å². The van der Waals surface area contributed by atoms with Crippen molar-refractivity contribution in [2.24, 2.45) is 5.84 Å². The second-order valence-electron chi connectivity index (χ2n) is 5.58. The molecule has 118 valence electrons. The Kier molecular flexibility index (Phi) is 6.05. The molecule has 1 aliphatic rings. The van der Waals surface area contributed by atoms with E-state index in [-0.39, 0.29) is 11.6 Å². The van der Waals surface area contributed by atoms with Crippen LogP contribution in [0.2, 0.25) is 0 Å². The monoisotopic (exact) mass is 356 g/mol. The molecular weight excluding hydrogens is 332 g/mol. The molecular formula is C16H25BrN2O2. The highest BCUT2D eigenvalue weighted by atomic mass is 79.9. The van der Waals surface area contributed by atoms with E-state index in [9.17, 15) is 0 Å². The second-order valence-corrected chi connectivity index (χ2v) is 6.50. The summed E-state index contributed by atoms with van der Waals surface area (Å²) in [6.45, 7) is 2.77. The van der Waals surface area contributed by atoms with Gasteiger partial charge in [0.25, 0.3) is 0 Å². The molecule has 1 aromatic rings. The lowest BCUT2D eigenvalue weighted by atomic mass is 9.87. The summed E-state index contributed by atoms with van der Waals surface area (Å²) < 4.78 is 12.6. The van der Waals surface area contributed by atoms with Crippen molar-refractivity contribution in [2.45, 2.75) is 50.7 Å². The van der Waals surface area contributed by atoms with Gasteiger partial charge in [-0.05, 0) is 49.9 Å². The van der Waals surface area contributed by atoms with Gasteiger partial charge < -0.3 is 9.47 Å². The zero-order valence-electron chi connectivity index (χ0n) is 12.8. The van der Waals surface area contributed by atoms with E-state index in [2.05, 4.69) is 27.4 Å². The standard InChI is InChI=1S/C16H25BrN2O2/c1-3-21-16(8-4-5-9-16)15(19-18)11-12-10-13(17)6-7-14(12)20-2/h6-7,10,15,19H,3-5,8-9,11,18H2,1-2H3. The highest BCUT2D eigenvalue weighted by Gasteiger charge is 2.42. The first kappa shape index (κ1) is 16.7. The van der Waals surface area contributed by atoms with E-state index in [1.54, 1.807) is 7.11 Å². The Morgan fingerprint density at radius 1 is 1.38 bits per heavy atom. The minimum atomic E-state index is -0.156. The first-order valence-corrected chi connectivity index (χ1v) is 8.37. The number of ether oxygens (including phenoxy) is 2. The Morgan fingerprint density at radius 2 is 2.10 bits per heavy atom. The number of nitrogens with one attached hydrogen (secondary N) is 1. The zero-order valence-corrected chi connectivity index (χ0v) is 14.4. The van der Waals surface area contributed by atoms with Crippen LogP contribution in [0.25, 0.3) is 0 Å². The maximum atomic E-state index is 6.12. The van der Waals surface area contributed by atoms with Gasteiger partial charge >= 0.3 is 0 Å². The molecule has 0 amide bonds. The molecule has 1 saturated carbocycles. The van der Waals surface area contributed by atoms with E-state index >= 15 is 0 Å². The molecule has 0 spiro atoms. The first-order chi connectivity index (χ1) is 10.1. The average Bonchev–Trinajstić information content (AvgIpc) is 2.95. The van der Waals surface area contributed by atoms with Crippen LogP contribution >= 0.6 is 15.9 Å². The lowest BCUT2D eigenvalue weighted by Gasteiger charge is -2.37. The molecule has 0 bridgehead atoms. The zero-order chi connectivity index (χ0) is 15.3. The van der Waals surface area contributed by atoms with E-state index in [0.717, 1.165) is 35.0 Å². The summed E-state index contributed by atoms with van der Waals surface area (Å²) >= 11 is 3.53. The summed E-state index contributed by atoms with van der Waals surface area (Å²) in [5, 5.41) is 0.